The van der Waals surface area contributed by atoms with Gasteiger partial charge in [0.2, 0.25) is 11.8 Å². The van der Waals surface area contributed by atoms with Crippen LogP contribution in [0.2, 0.25) is 0 Å². The second-order valence-corrected chi connectivity index (χ2v) is 5.37. The van der Waals surface area contributed by atoms with Crippen LogP contribution in [0.5, 0.6) is 0 Å². The van der Waals surface area contributed by atoms with Crippen LogP contribution in [0.3, 0.4) is 0 Å². The predicted molar refractivity (Wildman–Crippen MR) is 72.0 cm³/mol. The lowest BCUT2D eigenvalue weighted by molar-refractivity contribution is -0.152. The van der Waals surface area contributed by atoms with Gasteiger partial charge in [-0.3, -0.25) is 14.4 Å². The number of benzene rings is 1. The summed E-state index contributed by atoms with van der Waals surface area (Å²) in [4.78, 5) is 39.3. The summed E-state index contributed by atoms with van der Waals surface area (Å²) >= 11 is 0. The second kappa shape index (κ2) is 5.27. The standard InChI is InChI=1S/C15H15FN2O3/c16-11-5-3-10(4-6-11)13(19)8-17-9-14(20)18-7-1-2-12(18)15(17)21/h3-6,12H,1-2,7-9H2. The average molecular weight is 290 g/mol. The molecule has 5 nitrogen and oxygen atoms in total. The Bertz CT molecular complexity index is 599. The molecule has 1 aromatic carbocycles. The van der Waals surface area contributed by atoms with E-state index in [1.165, 1.54) is 29.2 Å². The molecule has 2 aliphatic rings. The molecule has 110 valence electrons. The molecule has 3 rings (SSSR count). The van der Waals surface area contributed by atoms with E-state index in [1.54, 1.807) is 4.90 Å². The van der Waals surface area contributed by atoms with Crippen LogP contribution in [0, 0.1) is 5.82 Å². The SMILES string of the molecule is O=C(CN1CC(=O)N2CCCC2C1=O)c1ccc(F)cc1. The van der Waals surface area contributed by atoms with Crippen LogP contribution in [-0.4, -0.2) is 53.1 Å². The maximum Gasteiger partial charge on any atom is 0.246 e. The number of nitrogens with zero attached hydrogens (tertiary/aromatic N) is 2. The first-order chi connectivity index (χ1) is 10.1. The number of carbonyl (C=O) groups excluding carboxylic acids is 3. The number of rotatable bonds is 3. The van der Waals surface area contributed by atoms with Gasteiger partial charge in [-0.05, 0) is 37.1 Å². The lowest BCUT2D eigenvalue weighted by Gasteiger charge is -2.36. The van der Waals surface area contributed by atoms with Gasteiger partial charge in [0.25, 0.3) is 0 Å². The molecule has 2 amide bonds. The molecule has 2 saturated heterocycles. The summed E-state index contributed by atoms with van der Waals surface area (Å²) in [6.45, 7) is 0.428. The predicted octanol–water partition coefficient (Wildman–Crippen LogP) is 0.842. The molecule has 21 heavy (non-hydrogen) atoms. The first kappa shape index (κ1) is 13.7. The Morgan fingerprint density at radius 3 is 2.67 bits per heavy atom. The zero-order valence-electron chi connectivity index (χ0n) is 11.4. The first-order valence-electron chi connectivity index (χ1n) is 6.93. The highest BCUT2D eigenvalue weighted by Gasteiger charge is 2.42. The number of Topliss-reactive ketones (excluding diaryl/α,β-unsaturated/α-hetero) is 1. The molecule has 0 aliphatic carbocycles. The molecular formula is C15H15FN2O3. The van der Waals surface area contributed by atoms with Crippen LogP contribution < -0.4 is 0 Å². The molecule has 1 aromatic rings. The molecule has 2 aliphatic heterocycles. The number of hydrogen-bond acceptors (Lipinski definition) is 3. The molecule has 1 atom stereocenters. The summed E-state index contributed by atoms with van der Waals surface area (Å²) in [6.07, 6.45) is 1.48. The van der Waals surface area contributed by atoms with Gasteiger partial charge in [-0.15, -0.1) is 0 Å². The highest BCUT2D eigenvalue weighted by molar-refractivity contribution is 6.02. The van der Waals surface area contributed by atoms with Crippen molar-refractivity contribution in [1.29, 1.82) is 0 Å². The normalized spacial score (nSPS) is 21.7. The van der Waals surface area contributed by atoms with E-state index in [0.29, 0.717) is 18.5 Å². The monoisotopic (exact) mass is 290 g/mol. The molecule has 1 unspecified atom stereocenters. The minimum atomic E-state index is -0.419. The van der Waals surface area contributed by atoms with E-state index in [2.05, 4.69) is 0 Å². The quantitative estimate of drug-likeness (QED) is 0.775. The minimum Gasteiger partial charge on any atom is -0.329 e. The largest absolute Gasteiger partial charge is 0.329 e. The number of carbonyl (C=O) groups is 3. The smallest absolute Gasteiger partial charge is 0.246 e. The van der Waals surface area contributed by atoms with Crippen molar-refractivity contribution in [2.24, 2.45) is 0 Å². The molecule has 0 radical (unpaired) electrons. The Morgan fingerprint density at radius 2 is 1.95 bits per heavy atom. The van der Waals surface area contributed by atoms with Gasteiger partial charge < -0.3 is 9.80 Å². The summed E-state index contributed by atoms with van der Waals surface area (Å²) in [5, 5.41) is 0. The topological polar surface area (TPSA) is 57.7 Å². The van der Waals surface area contributed by atoms with Crippen molar-refractivity contribution in [2.45, 2.75) is 18.9 Å². The van der Waals surface area contributed by atoms with Gasteiger partial charge in [-0.1, -0.05) is 0 Å². The summed E-state index contributed by atoms with van der Waals surface area (Å²) in [5.41, 5.74) is 0.338. The molecule has 2 heterocycles. The van der Waals surface area contributed by atoms with Crippen LogP contribution >= 0.6 is 0 Å². The van der Waals surface area contributed by atoms with Crippen LogP contribution in [0.1, 0.15) is 23.2 Å². The Labute approximate surface area is 121 Å². The lowest BCUT2D eigenvalue weighted by Crippen LogP contribution is -2.58. The molecule has 0 saturated carbocycles. The van der Waals surface area contributed by atoms with E-state index in [9.17, 15) is 18.8 Å². The summed E-state index contributed by atoms with van der Waals surface area (Å²) in [6, 6.07) is 4.77. The van der Waals surface area contributed by atoms with E-state index >= 15 is 0 Å². The Morgan fingerprint density at radius 1 is 1.24 bits per heavy atom. The van der Waals surface area contributed by atoms with Crippen molar-refractivity contribution < 1.29 is 18.8 Å². The number of piperazine rings is 1. The van der Waals surface area contributed by atoms with Gasteiger partial charge in [-0.2, -0.15) is 0 Å². The van der Waals surface area contributed by atoms with Gasteiger partial charge >= 0.3 is 0 Å². The van der Waals surface area contributed by atoms with E-state index in [1.807, 2.05) is 0 Å². The van der Waals surface area contributed by atoms with Gasteiger partial charge in [0.1, 0.15) is 18.4 Å². The molecule has 0 N–H and O–H groups in total. The number of ketones is 1. The highest BCUT2D eigenvalue weighted by Crippen LogP contribution is 2.23. The van der Waals surface area contributed by atoms with Crippen molar-refractivity contribution >= 4 is 17.6 Å². The van der Waals surface area contributed by atoms with Crippen molar-refractivity contribution in [3.63, 3.8) is 0 Å². The Balaban J connectivity index is 1.72. The Hall–Kier alpha value is -2.24. The maximum absolute atomic E-state index is 12.8. The molecule has 0 bridgehead atoms. The zero-order chi connectivity index (χ0) is 15.0. The van der Waals surface area contributed by atoms with Crippen LogP contribution in [0.4, 0.5) is 4.39 Å². The summed E-state index contributed by atoms with van der Waals surface area (Å²) in [5.74, 6) is -0.980. The molecule has 6 heteroatoms. The van der Waals surface area contributed by atoms with Crippen molar-refractivity contribution in [2.75, 3.05) is 19.6 Å². The van der Waals surface area contributed by atoms with Crippen LogP contribution in [0.25, 0.3) is 0 Å². The third-order valence-corrected chi connectivity index (χ3v) is 4.00. The lowest BCUT2D eigenvalue weighted by atomic mass is 10.1. The second-order valence-electron chi connectivity index (χ2n) is 5.37. The summed E-state index contributed by atoms with van der Waals surface area (Å²) in [7, 11) is 0. The molecular weight excluding hydrogens is 275 g/mol. The summed E-state index contributed by atoms with van der Waals surface area (Å²) < 4.78 is 12.8. The third-order valence-electron chi connectivity index (χ3n) is 4.00. The van der Waals surface area contributed by atoms with E-state index in [4.69, 9.17) is 0 Å². The fourth-order valence-corrected chi connectivity index (χ4v) is 2.90. The van der Waals surface area contributed by atoms with Crippen molar-refractivity contribution in [3.8, 4) is 0 Å². The van der Waals surface area contributed by atoms with Gasteiger partial charge in [0, 0.05) is 12.1 Å². The zero-order valence-corrected chi connectivity index (χ0v) is 11.4. The molecule has 0 spiro atoms. The van der Waals surface area contributed by atoms with Crippen LogP contribution in [0.15, 0.2) is 24.3 Å². The van der Waals surface area contributed by atoms with Crippen LogP contribution in [-0.2, 0) is 9.59 Å². The molecule has 0 aromatic heterocycles. The number of halogens is 1. The van der Waals surface area contributed by atoms with Gasteiger partial charge in [-0.25, -0.2) is 4.39 Å². The average Bonchev–Trinajstić information content (AvgIpc) is 2.95. The Kier molecular flexibility index (Phi) is 3.45. The van der Waals surface area contributed by atoms with Crippen molar-refractivity contribution in [1.82, 2.24) is 9.80 Å². The third kappa shape index (κ3) is 2.53. The van der Waals surface area contributed by atoms with E-state index in [-0.39, 0.29) is 30.7 Å². The molecule has 2 fully saturated rings. The van der Waals surface area contributed by atoms with E-state index in [0.717, 1.165) is 6.42 Å². The minimum absolute atomic E-state index is 0.0533. The first-order valence-corrected chi connectivity index (χ1v) is 6.93. The van der Waals surface area contributed by atoms with Gasteiger partial charge in [0.05, 0.1) is 6.54 Å². The highest BCUT2D eigenvalue weighted by atomic mass is 19.1. The number of amides is 2. The maximum atomic E-state index is 12.8. The number of hydrogen-bond donors (Lipinski definition) is 0. The van der Waals surface area contributed by atoms with Crippen molar-refractivity contribution in [3.05, 3.63) is 35.6 Å². The number of fused-ring (bicyclic) bond motifs is 1. The fraction of sp³-hybridized carbons (Fsp3) is 0.400. The fourth-order valence-electron chi connectivity index (χ4n) is 2.90. The van der Waals surface area contributed by atoms with Gasteiger partial charge in [0.15, 0.2) is 5.78 Å². The van der Waals surface area contributed by atoms with E-state index < -0.39 is 11.9 Å².